The number of thiazole rings is 2. The fourth-order valence-electron chi connectivity index (χ4n) is 2.29. The molecular formula is C20H10F6N2O2S2Zn. The fourth-order valence-corrected chi connectivity index (χ4v) is 4.09. The van der Waals surface area contributed by atoms with E-state index in [1.165, 1.54) is 0 Å². The number of fused-ring (bicyclic) bond motifs is 2. The van der Waals surface area contributed by atoms with Crippen molar-refractivity contribution in [3.8, 4) is 0 Å². The van der Waals surface area contributed by atoms with Gasteiger partial charge < -0.3 is 10.2 Å². The number of hydrogen-bond donors (Lipinski definition) is 0. The SMILES string of the molecule is [O-]/C(=C\c1nc2ccccc2s1)C(F)(F)F.[O-]/C(=C\c1nc2ccccc2s1)C(F)(F)F.[Zn+2]. The van der Waals surface area contributed by atoms with Crippen LogP contribution in [0.15, 0.2) is 60.0 Å². The number of rotatable bonds is 2. The second kappa shape index (κ2) is 10.6. The Hall–Kier alpha value is -2.50. The maximum Gasteiger partial charge on any atom is 2.00 e. The van der Waals surface area contributed by atoms with Crippen molar-refractivity contribution in [2.24, 2.45) is 0 Å². The first kappa shape index (κ1) is 26.8. The Balaban J connectivity index is 0.000000227. The molecule has 0 radical (unpaired) electrons. The summed E-state index contributed by atoms with van der Waals surface area (Å²) < 4.78 is 73.4. The Kier molecular flexibility index (Phi) is 8.61. The molecule has 0 spiro atoms. The topological polar surface area (TPSA) is 71.9 Å². The van der Waals surface area contributed by atoms with Gasteiger partial charge in [0, 0.05) is 0 Å². The van der Waals surface area contributed by atoms with Crippen LogP contribution in [0.25, 0.3) is 32.6 Å². The van der Waals surface area contributed by atoms with Crippen LogP contribution in [0.1, 0.15) is 10.0 Å². The number of alkyl halides is 6. The number of allylic oxidation sites excluding steroid dienone is 2. The molecule has 0 amide bonds. The maximum absolute atomic E-state index is 12.0. The van der Waals surface area contributed by atoms with Gasteiger partial charge in [0.15, 0.2) is 0 Å². The molecule has 33 heavy (non-hydrogen) atoms. The molecule has 168 valence electrons. The van der Waals surface area contributed by atoms with Crippen molar-refractivity contribution in [2.45, 2.75) is 12.4 Å². The van der Waals surface area contributed by atoms with Crippen LogP contribution in [0, 0.1) is 0 Å². The number of halogens is 6. The van der Waals surface area contributed by atoms with Crippen molar-refractivity contribution in [1.29, 1.82) is 0 Å². The van der Waals surface area contributed by atoms with Gasteiger partial charge in [-0.2, -0.15) is 26.3 Å². The van der Waals surface area contributed by atoms with E-state index in [2.05, 4.69) is 9.97 Å². The van der Waals surface area contributed by atoms with Gasteiger partial charge in [0.1, 0.15) is 10.0 Å². The van der Waals surface area contributed by atoms with Crippen LogP contribution in [-0.2, 0) is 19.5 Å². The monoisotopic (exact) mass is 552 g/mol. The largest absolute Gasteiger partial charge is 2.00 e. The minimum atomic E-state index is -4.84. The van der Waals surface area contributed by atoms with Crippen LogP contribution < -0.4 is 10.2 Å². The van der Waals surface area contributed by atoms with Crippen LogP contribution in [0.4, 0.5) is 26.3 Å². The zero-order valence-corrected chi connectivity index (χ0v) is 20.9. The minimum absolute atomic E-state index is 0. The van der Waals surface area contributed by atoms with Crippen molar-refractivity contribution in [1.82, 2.24) is 9.97 Å². The average Bonchev–Trinajstić information content (AvgIpc) is 3.29. The van der Waals surface area contributed by atoms with Crippen LogP contribution >= 0.6 is 22.7 Å². The summed E-state index contributed by atoms with van der Waals surface area (Å²) in [5.41, 5.74) is 1.18. The van der Waals surface area contributed by atoms with Crippen LogP contribution in [0.2, 0.25) is 0 Å². The van der Waals surface area contributed by atoms with Crippen molar-refractivity contribution >= 4 is 55.3 Å². The second-order valence-corrected chi connectivity index (χ2v) is 8.18. The molecule has 0 aliphatic carbocycles. The normalized spacial score (nSPS) is 12.9. The van der Waals surface area contributed by atoms with Crippen LogP contribution in [0.5, 0.6) is 0 Å². The van der Waals surface area contributed by atoms with E-state index < -0.39 is 23.9 Å². The van der Waals surface area contributed by atoms with Crippen LogP contribution in [0.3, 0.4) is 0 Å². The number of hydrogen-bond acceptors (Lipinski definition) is 6. The summed E-state index contributed by atoms with van der Waals surface area (Å²) >= 11 is 2.11. The van der Waals surface area contributed by atoms with Gasteiger partial charge in [0.2, 0.25) is 0 Å². The van der Waals surface area contributed by atoms with Gasteiger partial charge in [-0.1, -0.05) is 24.3 Å². The summed E-state index contributed by atoms with van der Waals surface area (Å²) in [6.07, 6.45) is -8.63. The Morgan fingerprint density at radius 1 is 0.667 bits per heavy atom. The summed E-state index contributed by atoms with van der Waals surface area (Å²) in [6, 6.07) is 13.8. The molecule has 4 nitrogen and oxygen atoms in total. The first-order valence-electron chi connectivity index (χ1n) is 8.56. The Morgan fingerprint density at radius 2 is 1.00 bits per heavy atom. The standard InChI is InChI=1S/2C10H6F3NOS.Zn/c2*11-10(12,13)8(15)5-9-14-6-3-1-2-4-7(6)16-9;/h2*1-5,15H;/q;;+2/p-2/b2*8-5-;. The molecule has 13 heteroatoms. The predicted molar refractivity (Wildman–Crippen MR) is 107 cm³/mol. The van der Waals surface area contributed by atoms with Gasteiger partial charge in [0.25, 0.3) is 0 Å². The van der Waals surface area contributed by atoms with E-state index in [-0.39, 0.29) is 29.5 Å². The molecule has 2 heterocycles. The van der Waals surface area contributed by atoms with Crippen molar-refractivity contribution < 1.29 is 56.0 Å². The van der Waals surface area contributed by atoms with Crippen LogP contribution in [-0.4, -0.2) is 22.3 Å². The van der Waals surface area contributed by atoms with E-state index >= 15 is 0 Å². The summed E-state index contributed by atoms with van der Waals surface area (Å²) in [4.78, 5) is 7.82. The Morgan fingerprint density at radius 3 is 1.30 bits per heavy atom. The maximum atomic E-state index is 12.0. The van der Waals surface area contributed by atoms with Crippen molar-refractivity contribution in [3.63, 3.8) is 0 Å². The Bertz CT molecular complexity index is 1130. The molecule has 0 unspecified atom stereocenters. The van der Waals surface area contributed by atoms with E-state index in [1.807, 2.05) is 0 Å². The van der Waals surface area contributed by atoms with E-state index in [9.17, 15) is 36.6 Å². The third kappa shape index (κ3) is 7.24. The first-order valence-corrected chi connectivity index (χ1v) is 10.2. The van der Waals surface area contributed by atoms with E-state index in [0.717, 1.165) is 32.1 Å². The smallest absolute Gasteiger partial charge is 0.869 e. The molecule has 0 saturated carbocycles. The van der Waals surface area contributed by atoms with E-state index in [4.69, 9.17) is 0 Å². The number of para-hydroxylation sites is 2. The molecule has 0 N–H and O–H groups in total. The molecule has 0 saturated heterocycles. The molecule has 4 rings (SSSR count). The number of nitrogens with zero attached hydrogens (tertiary/aromatic N) is 2. The van der Waals surface area contributed by atoms with Crippen molar-refractivity contribution in [3.05, 3.63) is 70.1 Å². The predicted octanol–water partition coefficient (Wildman–Crippen LogP) is 5.12. The molecule has 0 fully saturated rings. The molecule has 4 aromatic rings. The molecule has 2 aromatic carbocycles. The van der Waals surface area contributed by atoms with Gasteiger partial charge in [-0.15, -0.1) is 22.7 Å². The summed E-state index contributed by atoms with van der Waals surface area (Å²) in [7, 11) is 0. The van der Waals surface area contributed by atoms with Gasteiger partial charge in [-0.05, 0) is 47.9 Å². The molecule has 2 aromatic heterocycles. The molecule has 0 aliphatic heterocycles. The Labute approximate surface area is 203 Å². The zero-order valence-electron chi connectivity index (χ0n) is 16.3. The summed E-state index contributed by atoms with van der Waals surface area (Å²) in [5.74, 6) is -3.77. The number of benzene rings is 2. The molecule has 0 aliphatic rings. The fraction of sp³-hybridized carbons (Fsp3) is 0.100. The average molecular weight is 554 g/mol. The summed E-state index contributed by atoms with van der Waals surface area (Å²) in [5, 5.41) is 21.5. The molecular weight excluding hydrogens is 544 g/mol. The molecule has 0 bridgehead atoms. The number of aromatic nitrogens is 2. The minimum Gasteiger partial charge on any atom is -0.869 e. The van der Waals surface area contributed by atoms with Gasteiger partial charge in [-0.25, -0.2) is 9.97 Å². The van der Waals surface area contributed by atoms with Crippen molar-refractivity contribution in [2.75, 3.05) is 0 Å². The van der Waals surface area contributed by atoms with E-state index in [1.54, 1.807) is 48.5 Å². The third-order valence-corrected chi connectivity index (χ3v) is 5.66. The van der Waals surface area contributed by atoms with Gasteiger partial charge in [0.05, 0.1) is 20.4 Å². The van der Waals surface area contributed by atoms with E-state index in [0.29, 0.717) is 23.2 Å². The molecule has 0 atom stereocenters. The van der Waals surface area contributed by atoms with Gasteiger partial charge >= 0.3 is 31.8 Å². The first-order chi connectivity index (χ1) is 14.9. The second-order valence-electron chi connectivity index (χ2n) is 6.05. The van der Waals surface area contributed by atoms with Gasteiger partial charge in [-0.3, -0.25) is 0 Å². The summed E-state index contributed by atoms with van der Waals surface area (Å²) in [6.45, 7) is 0. The third-order valence-electron chi connectivity index (χ3n) is 3.69. The quantitative estimate of drug-likeness (QED) is 0.196. The zero-order chi connectivity index (χ0) is 23.5.